The molecule has 10 nitrogen and oxygen atoms in total. The minimum atomic E-state index is -0.611. The Labute approximate surface area is 155 Å². The highest BCUT2D eigenvalue weighted by Gasteiger charge is 2.50. The average molecular weight is 370 g/mol. The van der Waals surface area contributed by atoms with Crippen molar-refractivity contribution in [3.8, 4) is 6.07 Å². The number of rotatable bonds is 4. The number of aliphatic imine (C=N–C) groups is 1. The predicted octanol–water partition coefficient (Wildman–Crippen LogP) is -0.533. The van der Waals surface area contributed by atoms with E-state index in [1.54, 1.807) is 32.5 Å². The Kier molecular flexibility index (Phi) is 4.61. The van der Waals surface area contributed by atoms with Gasteiger partial charge in [0.25, 0.3) is 29.7 Å². The number of imide groups is 1. The Morgan fingerprint density at radius 3 is 2.63 bits per heavy atom. The third kappa shape index (κ3) is 2.91. The molecule has 10 heteroatoms. The number of aromatic nitrogens is 2. The number of carbonyl (C=O) groups excluding carboxylic acids is 2. The lowest BCUT2D eigenvalue weighted by Gasteiger charge is -2.32. The van der Waals surface area contributed by atoms with Crippen molar-refractivity contribution in [3.05, 3.63) is 27.2 Å². The van der Waals surface area contributed by atoms with Crippen molar-refractivity contribution in [2.75, 3.05) is 20.6 Å². The number of carbonyl (C=O) groups is 2. The molecule has 1 aromatic heterocycles. The van der Waals surface area contributed by atoms with E-state index in [0.717, 1.165) is 4.90 Å². The third-order valence-electron chi connectivity index (χ3n) is 4.89. The highest BCUT2D eigenvalue weighted by Crippen LogP contribution is 2.17. The van der Waals surface area contributed by atoms with E-state index < -0.39 is 17.6 Å². The van der Waals surface area contributed by atoms with Crippen molar-refractivity contribution in [2.24, 2.45) is 4.99 Å². The lowest BCUT2D eigenvalue weighted by molar-refractivity contribution is -0.500. The Hall–Kier alpha value is -3.35. The van der Waals surface area contributed by atoms with Gasteiger partial charge >= 0.3 is 6.03 Å². The van der Waals surface area contributed by atoms with Crippen molar-refractivity contribution in [1.82, 2.24) is 19.6 Å². The Morgan fingerprint density at radius 2 is 1.96 bits per heavy atom. The highest BCUT2D eigenvalue weighted by atomic mass is 16.2. The first-order chi connectivity index (χ1) is 12.8. The van der Waals surface area contributed by atoms with Gasteiger partial charge < -0.3 is 0 Å². The normalized spacial score (nSPS) is 19.0. The first-order valence-corrected chi connectivity index (χ1v) is 8.48. The summed E-state index contributed by atoms with van der Waals surface area (Å²) in [5.41, 5.74) is 0.763. The first-order valence-electron chi connectivity index (χ1n) is 8.48. The highest BCUT2D eigenvalue weighted by molar-refractivity contribution is 6.21. The molecule has 2 aliphatic rings. The maximum Gasteiger partial charge on any atom is 0.333 e. The number of urea groups is 1. The van der Waals surface area contributed by atoms with E-state index in [4.69, 9.17) is 0 Å². The van der Waals surface area contributed by atoms with Crippen LogP contribution in [0.2, 0.25) is 0 Å². The maximum absolute atomic E-state index is 12.7. The first kappa shape index (κ1) is 18.4. The summed E-state index contributed by atoms with van der Waals surface area (Å²) in [7, 11) is 3.30. The van der Waals surface area contributed by atoms with E-state index in [2.05, 4.69) is 10.1 Å². The Bertz CT molecular complexity index is 999. The van der Waals surface area contributed by atoms with Gasteiger partial charge in [0.05, 0.1) is 12.7 Å². The van der Waals surface area contributed by atoms with Crippen LogP contribution in [-0.2, 0) is 11.3 Å². The Morgan fingerprint density at radius 1 is 1.26 bits per heavy atom. The van der Waals surface area contributed by atoms with Gasteiger partial charge in [-0.1, -0.05) is 0 Å². The van der Waals surface area contributed by atoms with E-state index in [9.17, 15) is 19.6 Å². The smallest absolute Gasteiger partial charge is 0.269 e. The van der Waals surface area contributed by atoms with Gasteiger partial charge in [-0.25, -0.2) is 14.1 Å². The van der Waals surface area contributed by atoms with Crippen LogP contribution in [0, 0.1) is 25.2 Å². The zero-order valence-electron chi connectivity index (χ0n) is 15.6. The van der Waals surface area contributed by atoms with E-state index in [1.807, 2.05) is 6.07 Å². The number of fused-ring (bicyclic) bond motifs is 1. The molecule has 3 heterocycles. The lowest BCUT2D eigenvalue weighted by Crippen LogP contribution is -2.62. The molecule has 1 unspecified atom stereocenters. The van der Waals surface area contributed by atoms with Crippen molar-refractivity contribution >= 4 is 24.1 Å². The van der Waals surface area contributed by atoms with Crippen LogP contribution >= 0.6 is 0 Å². The molecule has 0 aromatic carbocycles. The molecule has 140 valence electrons. The molecule has 0 N–H and O–H groups in total. The molecule has 1 fully saturated rings. The molecule has 2 aliphatic heterocycles. The summed E-state index contributed by atoms with van der Waals surface area (Å²) in [4.78, 5) is 44.1. The number of hydrogen-bond acceptors (Lipinski definition) is 6. The van der Waals surface area contributed by atoms with Gasteiger partial charge in [0, 0.05) is 20.1 Å². The number of likely N-dealkylation sites (N-methyl/N-ethyl adjacent to an activating group) is 2. The van der Waals surface area contributed by atoms with Gasteiger partial charge in [-0.2, -0.15) is 10.4 Å². The molecule has 0 saturated carbocycles. The van der Waals surface area contributed by atoms with Crippen LogP contribution < -0.4 is 5.56 Å². The average Bonchev–Trinajstić information content (AvgIpc) is 3.02. The largest absolute Gasteiger partial charge is 0.333 e. The van der Waals surface area contributed by atoms with E-state index >= 15 is 0 Å². The van der Waals surface area contributed by atoms with Crippen LogP contribution in [0.4, 0.5) is 4.79 Å². The quantitative estimate of drug-likeness (QED) is 0.661. The summed E-state index contributed by atoms with van der Waals surface area (Å²) in [6, 6.07) is 0.856. The fraction of sp³-hybridized carbons (Fsp3) is 0.471. The van der Waals surface area contributed by atoms with Crippen molar-refractivity contribution in [2.45, 2.75) is 32.9 Å². The van der Waals surface area contributed by atoms with Crippen LogP contribution in [0.5, 0.6) is 0 Å². The third-order valence-corrected chi connectivity index (χ3v) is 4.89. The molecule has 3 amide bonds. The lowest BCUT2D eigenvalue weighted by atomic mass is 10.1. The summed E-state index contributed by atoms with van der Waals surface area (Å²) < 4.78 is 2.87. The fourth-order valence-electron chi connectivity index (χ4n) is 3.18. The molecule has 3 rings (SSSR count). The number of nitriles is 1. The fourth-order valence-corrected chi connectivity index (χ4v) is 3.18. The molecule has 1 aromatic rings. The minimum Gasteiger partial charge on any atom is -0.269 e. The molecular formula is C17H20N7O3+. The summed E-state index contributed by atoms with van der Waals surface area (Å²) in [6.45, 7) is 3.75. The molecule has 0 radical (unpaired) electrons. The molecule has 0 spiro atoms. The van der Waals surface area contributed by atoms with Gasteiger partial charge in [0.2, 0.25) is 0 Å². The SMILES string of the molecule is Cc1nn(CCCN2C(=O)C3C(=NC=[N+]3C)N(C)C2=O)c(=O)c(C#N)c1C. The van der Waals surface area contributed by atoms with Crippen LogP contribution in [0.1, 0.15) is 23.2 Å². The van der Waals surface area contributed by atoms with Gasteiger partial charge in [0.15, 0.2) is 0 Å². The van der Waals surface area contributed by atoms with Gasteiger partial charge in [-0.3, -0.25) is 19.4 Å². The summed E-state index contributed by atoms with van der Waals surface area (Å²) in [5.74, 6) is 0.0701. The van der Waals surface area contributed by atoms with Crippen molar-refractivity contribution < 1.29 is 14.2 Å². The van der Waals surface area contributed by atoms with Gasteiger partial charge in [-0.05, 0) is 30.8 Å². The number of amides is 3. The predicted molar refractivity (Wildman–Crippen MR) is 95.6 cm³/mol. The van der Waals surface area contributed by atoms with E-state index in [-0.39, 0.29) is 24.6 Å². The van der Waals surface area contributed by atoms with Gasteiger partial charge in [0.1, 0.15) is 11.6 Å². The summed E-state index contributed by atoms with van der Waals surface area (Å²) in [5, 5.41) is 13.4. The zero-order valence-corrected chi connectivity index (χ0v) is 15.6. The number of aryl methyl sites for hydroxylation is 2. The molecule has 0 bridgehead atoms. The van der Waals surface area contributed by atoms with Crippen LogP contribution in [-0.4, -0.2) is 75.0 Å². The maximum atomic E-state index is 12.7. The second-order valence-electron chi connectivity index (χ2n) is 6.58. The Balaban J connectivity index is 1.75. The van der Waals surface area contributed by atoms with Crippen molar-refractivity contribution in [1.29, 1.82) is 5.26 Å². The number of hydrogen-bond donors (Lipinski definition) is 0. The minimum absolute atomic E-state index is 0.0660. The molecular weight excluding hydrogens is 350 g/mol. The van der Waals surface area contributed by atoms with Gasteiger partial charge in [-0.15, -0.1) is 0 Å². The second kappa shape index (κ2) is 6.75. The number of nitrogens with zero attached hydrogens (tertiary/aromatic N) is 7. The van der Waals surface area contributed by atoms with Crippen molar-refractivity contribution in [3.63, 3.8) is 0 Å². The van der Waals surface area contributed by atoms with Crippen LogP contribution in [0.15, 0.2) is 9.79 Å². The molecule has 27 heavy (non-hydrogen) atoms. The van der Waals surface area contributed by atoms with Crippen LogP contribution in [0.25, 0.3) is 0 Å². The number of amidine groups is 1. The zero-order chi connectivity index (χ0) is 19.9. The standard InChI is InChI=1S/C17H20N7O3/c1-10-11(2)20-24(15(25)12(10)8-18)7-5-6-23-16(26)13-14(19-9-21(13)3)22(4)17(23)27/h9,13H,5-7H2,1-4H3/q+1. The molecule has 0 aliphatic carbocycles. The summed E-state index contributed by atoms with van der Waals surface area (Å²) >= 11 is 0. The molecule has 1 atom stereocenters. The molecule has 1 saturated heterocycles. The van der Waals surface area contributed by atoms with Crippen LogP contribution in [0.3, 0.4) is 0 Å². The topological polar surface area (TPSA) is 115 Å². The van der Waals surface area contributed by atoms with E-state index in [1.165, 1.54) is 15.9 Å². The monoisotopic (exact) mass is 370 g/mol. The summed E-state index contributed by atoms with van der Waals surface area (Å²) in [6.07, 6.45) is 1.87. The second-order valence-corrected chi connectivity index (χ2v) is 6.58. The van der Waals surface area contributed by atoms with E-state index in [0.29, 0.717) is 23.5 Å².